The molecule has 0 saturated carbocycles. The summed E-state index contributed by atoms with van der Waals surface area (Å²) in [5.74, 6) is -0.727. The number of rotatable bonds is 4. The summed E-state index contributed by atoms with van der Waals surface area (Å²) >= 11 is 3.59. The van der Waals surface area contributed by atoms with Gasteiger partial charge in [-0.05, 0) is 53.4 Å². The monoisotopic (exact) mass is 423 g/mol. The maximum Gasteiger partial charge on any atom is 0.320 e. The number of carboxylic acid groups (broad SMARTS) is 1. The second-order valence-corrected chi connectivity index (χ2v) is 8.03. The highest BCUT2D eigenvalue weighted by molar-refractivity contribution is 9.10. The van der Waals surface area contributed by atoms with Crippen LogP contribution < -0.4 is 0 Å². The fourth-order valence-electron chi connectivity index (χ4n) is 4.24. The van der Waals surface area contributed by atoms with Crippen LogP contribution in [0.4, 0.5) is 0 Å². The van der Waals surface area contributed by atoms with Crippen molar-refractivity contribution < 1.29 is 9.90 Å². The number of carboxylic acids is 1. The molecule has 138 valence electrons. The van der Waals surface area contributed by atoms with Gasteiger partial charge in [-0.3, -0.25) is 9.69 Å². The molecule has 27 heavy (non-hydrogen) atoms. The zero-order valence-corrected chi connectivity index (χ0v) is 16.6. The van der Waals surface area contributed by atoms with Crippen molar-refractivity contribution in [3.8, 4) is 0 Å². The summed E-state index contributed by atoms with van der Waals surface area (Å²) in [6, 6.07) is 22.4. The van der Waals surface area contributed by atoms with Gasteiger partial charge < -0.3 is 5.11 Å². The molecule has 0 aliphatic carbocycles. The Hall–Kier alpha value is -2.17. The van der Waals surface area contributed by atoms with Gasteiger partial charge in [0.1, 0.15) is 6.04 Å². The van der Waals surface area contributed by atoms with Gasteiger partial charge in [0, 0.05) is 4.47 Å². The summed E-state index contributed by atoms with van der Waals surface area (Å²) in [6.45, 7) is 0.789. The number of nitrogens with zero attached hydrogens (tertiary/aromatic N) is 1. The molecule has 0 radical (unpaired) electrons. The van der Waals surface area contributed by atoms with Gasteiger partial charge >= 0.3 is 5.97 Å². The maximum atomic E-state index is 12.0. The Kier molecular flexibility index (Phi) is 5.28. The first kappa shape index (κ1) is 18.2. The summed E-state index contributed by atoms with van der Waals surface area (Å²) in [4.78, 5) is 14.2. The molecule has 2 unspecified atom stereocenters. The van der Waals surface area contributed by atoms with Crippen molar-refractivity contribution in [2.45, 2.75) is 31.3 Å². The fourth-order valence-corrected chi connectivity index (χ4v) is 4.66. The zero-order chi connectivity index (χ0) is 18.8. The van der Waals surface area contributed by atoms with Gasteiger partial charge in [0.2, 0.25) is 0 Å². The third-order valence-corrected chi connectivity index (χ3v) is 5.94. The highest BCUT2D eigenvalue weighted by Gasteiger charge is 2.35. The average molecular weight is 424 g/mol. The van der Waals surface area contributed by atoms with E-state index in [9.17, 15) is 9.90 Å². The fraction of sp³-hybridized carbons (Fsp3) is 0.261. The minimum absolute atomic E-state index is 0.0880. The lowest BCUT2D eigenvalue weighted by Crippen LogP contribution is -2.46. The van der Waals surface area contributed by atoms with Crippen molar-refractivity contribution in [2.75, 3.05) is 6.54 Å². The predicted molar refractivity (Wildman–Crippen MR) is 112 cm³/mol. The molecule has 0 aromatic heterocycles. The van der Waals surface area contributed by atoms with Gasteiger partial charge in [-0.15, -0.1) is 0 Å². The topological polar surface area (TPSA) is 40.5 Å². The second kappa shape index (κ2) is 7.83. The van der Waals surface area contributed by atoms with Crippen LogP contribution in [0.1, 0.15) is 36.4 Å². The largest absolute Gasteiger partial charge is 0.480 e. The maximum absolute atomic E-state index is 12.0. The number of hydrogen-bond donors (Lipinski definition) is 1. The third kappa shape index (κ3) is 3.64. The summed E-state index contributed by atoms with van der Waals surface area (Å²) in [5.41, 5.74) is 2.29. The van der Waals surface area contributed by atoms with Gasteiger partial charge in [0.05, 0.1) is 6.04 Å². The lowest BCUT2D eigenvalue weighted by Gasteiger charge is -2.40. The Labute approximate surface area is 167 Å². The van der Waals surface area contributed by atoms with E-state index in [4.69, 9.17) is 0 Å². The first-order chi connectivity index (χ1) is 13.1. The number of piperidine rings is 1. The molecule has 1 aliphatic rings. The van der Waals surface area contributed by atoms with E-state index in [-0.39, 0.29) is 6.04 Å². The molecule has 0 bridgehead atoms. The molecule has 3 aromatic carbocycles. The Morgan fingerprint density at radius 2 is 1.81 bits per heavy atom. The molecule has 1 saturated heterocycles. The average Bonchev–Trinajstić information content (AvgIpc) is 2.69. The van der Waals surface area contributed by atoms with Crippen LogP contribution in [0.3, 0.4) is 0 Å². The molecular formula is C23H22BrNO2. The number of hydrogen-bond acceptors (Lipinski definition) is 2. The highest BCUT2D eigenvalue weighted by atomic mass is 79.9. The predicted octanol–water partition coefficient (Wildman–Crippen LogP) is 5.63. The molecule has 4 heteroatoms. The van der Waals surface area contributed by atoms with E-state index in [0.717, 1.165) is 29.4 Å². The normalized spacial score (nSPS) is 19.1. The molecule has 1 heterocycles. The summed E-state index contributed by atoms with van der Waals surface area (Å²) < 4.78 is 1.01. The van der Waals surface area contributed by atoms with Crippen LogP contribution in [-0.4, -0.2) is 28.6 Å². The van der Waals surface area contributed by atoms with Gasteiger partial charge in [-0.25, -0.2) is 0 Å². The van der Waals surface area contributed by atoms with Crippen molar-refractivity contribution >= 4 is 32.7 Å². The van der Waals surface area contributed by atoms with Crippen LogP contribution in [-0.2, 0) is 4.79 Å². The van der Waals surface area contributed by atoms with Crippen molar-refractivity contribution in [3.05, 3.63) is 82.3 Å². The van der Waals surface area contributed by atoms with E-state index in [1.807, 2.05) is 18.2 Å². The van der Waals surface area contributed by atoms with Crippen molar-refractivity contribution in [1.82, 2.24) is 4.90 Å². The highest BCUT2D eigenvalue weighted by Crippen LogP contribution is 2.38. The lowest BCUT2D eigenvalue weighted by atomic mass is 9.89. The summed E-state index contributed by atoms with van der Waals surface area (Å²) in [7, 11) is 0. The Balaban J connectivity index is 1.92. The van der Waals surface area contributed by atoms with Crippen LogP contribution >= 0.6 is 15.9 Å². The third-order valence-electron chi connectivity index (χ3n) is 5.44. The molecule has 0 spiro atoms. The van der Waals surface area contributed by atoms with E-state index >= 15 is 0 Å². The standard InChI is InChI=1S/C23H22BrNO2/c24-18-10-5-9-17(15-18)22(25-14-4-3-13-21(25)23(26)27)20-12-6-8-16-7-1-2-11-19(16)20/h1-2,5-12,15,21-22H,3-4,13-14H2,(H,26,27). The van der Waals surface area contributed by atoms with E-state index < -0.39 is 12.0 Å². The Bertz CT molecular complexity index is 966. The minimum Gasteiger partial charge on any atom is -0.480 e. The van der Waals surface area contributed by atoms with Crippen LogP contribution in [0.25, 0.3) is 10.8 Å². The van der Waals surface area contributed by atoms with Gasteiger partial charge in [0.15, 0.2) is 0 Å². The van der Waals surface area contributed by atoms with E-state index in [0.29, 0.717) is 6.42 Å². The van der Waals surface area contributed by atoms with Crippen LogP contribution in [0.5, 0.6) is 0 Å². The van der Waals surface area contributed by atoms with E-state index in [1.54, 1.807) is 0 Å². The molecule has 3 nitrogen and oxygen atoms in total. The number of halogens is 1. The zero-order valence-electron chi connectivity index (χ0n) is 15.0. The van der Waals surface area contributed by atoms with Crippen molar-refractivity contribution in [2.24, 2.45) is 0 Å². The molecule has 1 aliphatic heterocycles. The second-order valence-electron chi connectivity index (χ2n) is 7.11. The quantitative estimate of drug-likeness (QED) is 0.590. The number of fused-ring (bicyclic) bond motifs is 1. The van der Waals surface area contributed by atoms with E-state index in [1.165, 1.54) is 16.3 Å². The minimum atomic E-state index is -0.727. The summed E-state index contributed by atoms with van der Waals surface area (Å²) in [5, 5.41) is 12.2. The van der Waals surface area contributed by atoms with Gasteiger partial charge in [-0.1, -0.05) is 76.9 Å². The molecule has 0 amide bonds. The molecule has 3 aromatic rings. The number of likely N-dealkylation sites (tertiary alicyclic amines) is 1. The molecule has 1 N–H and O–H groups in total. The Morgan fingerprint density at radius 3 is 2.63 bits per heavy atom. The SMILES string of the molecule is O=C(O)C1CCCCN1C(c1cccc(Br)c1)c1cccc2ccccc12. The van der Waals surface area contributed by atoms with Gasteiger partial charge in [0.25, 0.3) is 0 Å². The van der Waals surface area contributed by atoms with Crippen LogP contribution in [0.15, 0.2) is 71.2 Å². The Morgan fingerprint density at radius 1 is 1.04 bits per heavy atom. The first-order valence-corrected chi connectivity index (χ1v) is 10.2. The molecule has 1 fully saturated rings. The number of benzene rings is 3. The molecule has 2 atom stereocenters. The van der Waals surface area contributed by atoms with Crippen LogP contribution in [0.2, 0.25) is 0 Å². The lowest BCUT2D eigenvalue weighted by molar-refractivity contribution is -0.145. The summed E-state index contributed by atoms with van der Waals surface area (Å²) in [6.07, 6.45) is 2.69. The molecule has 4 rings (SSSR count). The molecular weight excluding hydrogens is 402 g/mol. The van der Waals surface area contributed by atoms with Crippen LogP contribution in [0, 0.1) is 0 Å². The van der Waals surface area contributed by atoms with Gasteiger partial charge in [-0.2, -0.15) is 0 Å². The number of carbonyl (C=O) groups is 1. The smallest absolute Gasteiger partial charge is 0.320 e. The van der Waals surface area contributed by atoms with Crippen molar-refractivity contribution in [1.29, 1.82) is 0 Å². The van der Waals surface area contributed by atoms with Crippen molar-refractivity contribution in [3.63, 3.8) is 0 Å². The first-order valence-electron chi connectivity index (χ1n) is 9.37. The number of aliphatic carboxylic acids is 1. The van der Waals surface area contributed by atoms with E-state index in [2.05, 4.69) is 69.4 Å².